The van der Waals surface area contributed by atoms with Gasteiger partial charge in [-0.2, -0.15) is 0 Å². The van der Waals surface area contributed by atoms with E-state index in [1.165, 1.54) is 5.56 Å². The Kier molecular flexibility index (Phi) is 6.37. The van der Waals surface area contributed by atoms with Gasteiger partial charge in [0.05, 0.1) is 6.54 Å². The van der Waals surface area contributed by atoms with Crippen molar-refractivity contribution in [2.75, 3.05) is 26.2 Å². The number of hydrogen-bond acceptors (Lipinski definition) is 3. The fourth-order valence-electron chi connectivity index (χ4n) is 4.47. The minimum atomic E-state index is -0.792. The molecule has 0 aromatic heterocycles. The molecule has 1 aliphatic heterocycles. The lowest BCUT2D eigenvalue weighted by molar-refractivity contribution is -0.139. The molecule has 1 saturated heterocycles. The fraction of sp³-hybridized carbons (Fsp3) is 0.619. The van der Waals surface area contributed by atoms with Gasteiger partial charge in [-0.1, -0.05) is 44.2 Å². The van der Waals surface area contributed by atoms with Crippen molar-refractivity contribution in [1.82, 2.24) is 15.1 Å². The molecule has 148 valence electrons. The van der Waals surface area contributed by atoms with Gasteiger partial charge in [0, 0.05) is 25.2 Å². The maximum Gasteiger partial charge on any atom is 0.317 e. The first-order valence-electron chi connectivity index (χ1n) is 10.0. The van der Waals surface area contributed by atoms with E-state index in [1.807, 2.05) is 22.8 Å². The van der Waals surface area contributed by atoms with E-state index >= 15 is 0 Å². The molecule has 3 rings (SSSR count). The van der Waals surface area contributed by atoms with Crippen LogP contribution in [0.1, 0.15) is 44.6 Å². The van der Waals surface area contributed by atoms with Gasteiger partial charge in [-0.15, -0.1) is 0 Å². The number of nitrogens with zero attached hydrogens (tertiary/aromatic N) is 2. The van der Waals surface area contributed by atoms with Crippen molar-refractivity contribution in [3.05, 3.63) is 35.9 Å². The van der Waals surface area contributed by atoms with Crippen LogP contribution in [0.5, 0.6) is 0 Å². The van der Waals surface area contributed by atoms with Crippen molar-refractivity contribution >= 4 is 12.0 Å². The summed E-state index contributed by atoms with van der Waals surface area (Å²) in [6, 6.07) is 11.0. The molecule has 2 atom stereocenters. The molecule has 1 aromatic carbocycles. The number of carbonyl (C=O) groups excluding carboxylic acids is 1. The summed E-state index contributed by atoms with van der Waals surface area (Å²) < 4.78 is 0. The van der Waals surface area contributed by atoms with E-state index < -0.39 is 5.97 Å². The molecule has 1 saturated carbocycles. The number of amides is 2. The molecule has 0 bridgehead atoms. The van der Waals surface area contributed by atoms with Crippen LogP contribution in [0.25, 0.3) is 0 Å². The van der Waals surface area contributed by atoms with Crippen molar-refractivity contribution < 1.29 is 14.7 Å². The number of carboxylic acid groups (broad SMARTS) is 1. The first-order chi connectivity index (χ1) is 13.0. The van der Waals surface area contributed by atoms with Crippen molar-refractivity contribution in [2.24, 2.45) is 5.92 Å². The Labute approximate surface area is 161 Å². The van der Waals surface area contributed by atoms with E-state index in [9.17, 15) is 9.59 Å². The average molecular weight is 373 g/mol. The second-order valence-electron chi connectivity index (χ2n) is 7.96. The van der Waals surface area contributed by atoms with Gasteiger partial charge in [-0.05, 0) is 43.2 Å². The molecule has 1 heterocycles. The van der Waals surface area contributed by atoms with Crippen molar-refractivity contribution in [1.29, 1.82) is 0 Å². The van der Waals surface area contributed by atoms with E-state index in [1.54, 1.807) is 0 Å². The van der Waals surface area contributed by atoms with Crippen molar-refractivity contribution in [3.8, 4) is 0 Å². The Morgan fingerprint density at radius 2 is 1.96 bits per heavy atom. The van der Waals surface area contributed by atoms with Crippen molar-refractivity contribution in [2.45, 2.75) is 51.1 Å². The molecule has 2 unspecified atom stereocenters. The van der Waals surface area contributed by atoms with Crippen LogP contribution >= 0.6 is 0 Å². The highest BCUT2D eigenvalue weighted by Gasteiger charge is 2.36. The number of carbonyl (C=O) groups is 2. The van der Waals surface area contributed by atoms with E-state index in [0.717, 1.165) is 38.9 Å². The quantitative estimate of drug-likeness (QED) is 0.804. The SMILES string of the molecule is CCN(CC(=O)O)C1CC(NC(=O)N2CCC(c3ccccc3)C(C)C2)C1. The Balaban J connectivity index is 1.44. The van der Waals surface area contributed by atoms with E-state index in [0.29, 0.717) is 11.8 Å². The number of nitrogens with one attached hydrogen (secondary N) is 1. The number of likely N-dealkylation sites (N-methyl/N-ethyl adjacent to an activating group) is 1. The topological polar surface area (TPSA) is 72.9 Å². The molecule has 6 heteroatoms. The lowest BCUT2D eigenvalue weighted by Gasteiger charge is -2.44. The summed E-state index contributed by atoms with van der Waals surface area (Å²) in [6.07, 6.45) is 2.67. The minimum absolute atomic E-state index is 0.0260. The lowest BCUT2D eigenvalue weighted by atomic mass is 9.81. The second-order valence-corrected chi connectivity index (χ2v) is 7.96. The van der Waals surface area contributed by atoms with Crippen LogP contribution in [-0.4, -0.2) is 65.2 Å². The zero-order chi connectivity index (χ0) is 19.4. The number of benzene rings is 1. The van der Waals surface area contributed by atoms with Crippen molar-refractivity contribution in [3.63, 3.8) is 0 Å². The fourth-order valence-corrected chi connectivity index (χ4v) is 4.47. The van der Waals surface area contributed by atoms with E-state index in [2.05, 4.69) is 36.5 Å². The minimum Gasteiger partial charge on any atom is -0.480 e. The van der Waals surface area contributed by atoms with Gasteiger partial charge < -0.3 is 15.3 Å². The van der Waals surface area contributed by atoms with Gasteiger partial charge in [0.1, 0.15) is 0 Å². The summed E-state index contributed by atoms with van der Waals surface area (Å²) in [4.78, 5) is 27.4. The number of urea groups is 1. The third-order valence-corrected chi connectivity index (χ3v) is 6.12. The molecule has 27 heavy (non-hydrogen) atoms. The summed E-state index contributed by atoms with van der Waals surface area (Å²) in [5.74, 6) is 0.157. The van der Waals surface area contributed by atoms with Crippen LogP contribution in [0.15, 0.2) is 30.3 Å². The number of carboxylic acids is 1. The number of likely N-dealkylation sites (tertiary alicyclic amines) is 1. The van der Waals surface area contributed by atoms with Gasteiger partial charge in [-0.25, -0.2) is 4.79 Å². The Bertz CT molecular complexity index is 645. The second kappa shape index (κ2) is 8.74. The van der Waals surface area contributed by atoms with Gasteiger partial charge >= 0.3 is 12.0 Å². The molecule has 6 nitrogen and oxygen atoms in total. The summed E-state index contributed by atoms with van der Waals surface area (Å²) in [6.45, 7) is 6.57. The molecule has 2 N–H and O–H groups in total. The van der Waals surface area contributed by atoms with Crippen LogP contribution in [0.2, 0.25) is 0 Å². The number of rotatable bonds is 6. The molecule has 2 amide bonds. The third-order valence-electron chi connectivity index (χ3n) is 6.12. The van der Waals surface area contributed by atoms with Crippen LogP contribution in [-0.2, 0) is 4.79 Å². The van der Waals surface area contributed by atoms with E-state index in [-0.39, 0.29) is 24.7 Å². The van der Waals surface area contributed by atoms with Crippen LogP contribution in [0.3, 0.4) is 0 Å². The number of aliphatic carboxylic acids is 1. The first kappa shape index (κ1) is 19.7. The average Bonchev–Trinajstić information content (AvgIpc) is 2.63. The molecule has 2 fully saturated rings. The summed E-state index contributed by atoms with van der Waals surface area (Å²) in [7, 11) is 0. The highest BCUT2D eigenvalue weighted by molar-refractivity contribution is 5.75. The van der Waals surface area contributed by atoms with Crippen LogP contribution in [0.4, 0.5) is 4.79 Å². The Morgan fingerprint density at radius 3 is 2.56 bits per heavy atom. The summed E-state index contributed by atoms with van der Waals surface area (Å²) >= 11 is 0. The van der Waals surface area contributed by atoms with Gasteiger partial charge in [-0.3, -0.25) is 9.69 Å². The smallest absolute Gasteiger partial charge is 0.317 e. The van der Waals surface area contributed by atoms with Gasteiger partial charge in [0.15, 0.2) is 0 Å². The molecule has 2 aliphatic rings. The predicted molar refractivity (Wildman–Crippen MR) is 105 cm³/mol. The zero-order valence-electron chi connectivity index (χ0n) is 16.3. The summed E-state index contributed by atoms with van der Waals surface area (Å²) in [5, 5.41) is 12.1. The predicted octanol–water partition coefficient (Wildman–Crippen LogP) is 2.76. The lowest BCUT2D eigenvalue weighted by Crippen LogP contribution is -2.57. The largest absolute Gasteiger partial charge is 0.480 e. The monoisotopic (exact) mass is 373 g/mol. The number of piperidine rings is 1. The Hall–Kier alpha value is -2.08. The molecular formula is C21H31N3O3. The first-order valence-corrected chi connectivity index (χ1v) is 10.0. The Morgan fingerprint density at radius 1 is 1.26 bits per heavy atom. The van der Waals surface area contributed by atoms with Gasteiger partial charge in [0.25, 0.3) is 0 Å². The normalized spacial score (nSPS) is 27.9. The van der Waals surface area contributed by atoms with Gasteiger partial charge in [0.2, 0.25) is 0 Å². The third kappa shape index (κ3) is 4.80. The van der Waals surface area contributed by atoms with Crippen LogP contribution < -0.4 is 5.32 Å². The standard InChI is InChI=1S/C21H31N3O3/c1-3-23(14-20(25)26)18-11-17(12-18)22-21(27)24-10-9-19(15(2)13-24)16-7-5-4-6-8-16/h4-8,15,17-19H,3,9-14H2,1-2H3,(H,22,27)(H,25,26). The maximum atomic E-state index is 12.6. The molecular weight excluding hydrogens is 342 g/mol. The molecule has 0 radical (unpaired) electrons. The molecule has 1 aliphatic carbocycles. The molecule has 1 aromatic rings. The maximum absolute atomic E-state index is 12.6. The molecule has 0 spiro atoms. The van der Waals surface area contributed by atoms with Crippen LogP contribution in [0, 0.1) is 5.92 Å². The van der Waals surface area contributed by atoms with E-state index in [4.69, 9.17) is 5.11 Å². The zero-order valence-corrected chi connectivity index (χ0v) is 16.3. The highest BCUT2D eigenvalue weighted by atomic mass is 16.4. The highest BCUT2D eigenvalue weighted by Crippen LogP contribution is 2.33. The number of hydrogen-bond donors (Lipinski definition) is 2. The summed E-state index contributed by atoms with van der Waals surface area (Å²) in [5.41, 5.74) is 1.37.